The molecule has 0 aliphatic carbocycles. The third-order valence-electron chi connectivity index (χ3n) is 2.71. The maximum Gasteiger partial charge on any atom is 0.310 e. The van der Waals surface area contributed by atoms with Crippen LogP contribution in [-0.2, 0) is 4.79 Å². The van der Waals surface area contributed by atoms with Crippen LogP contribution >= 0.6 is 0 Å². The molecule has 2 aromatic carbocycles. The van der Waals surface area contributed by atoms with Crippen LogP contribution in [0.3, 0.4) is 0 Å². The Morgan fingerprint density at radius 2 is 2.06 bits per heavy atom. The monoisotopic (exact) mass is 218 g/mol. The molecule has 82 valence electrons. The molecule has 0 amide bonds. The SMILES string of the molecule is C[C@@H](C(=O)O)c1cccc2cc(F)ccc12. The Kier molecular flexibility index (Phi) is 2.60. The molecule has 2 rings (SSSR count). The van der Waals surface area contributed by atoms with Crippen LogP contribution in [0.2, 0.25) is 0 Å². The summed E-state index contributed by atoms with van der Waals surface area (Å²) in [4.78, 5) is 10.9. The highest BCUT2D eigenvalue weighted by Gasteiger charge is 2.15. The van der Waals surface area contributed by atoms with Gasteiger partial charge in [-0.05, 0) is 35.4 Å². The zero-order valence-electron chi connectivity index (χ0n) is 8.77. The van der Waals surface area contributed by atoms with E-state index in [0.29, 0.717) is 5.56 Å². The number of carboxylic acids is 1. The summed E-state index contributed by atoms with van der Waals surface area (Å²) in [6, 6.07) is 9.67. The molecule has 0 saturated carbocycles. The quantitative estimate of drug-likeness (QED) is 0.840. The maximum atomic E-state index is 13.0. The van der Waals surface area contributed by atoms with E-state index in [-0.39, 0.29) is 5.82 Å². The molecule has 0 saturated heterocycles. The van der Waals surface area contributed by atoms with Gasteiger partial charge in [0.15, 0.2) is 0 Å². The van der Waals surface area contributed by atoms with Crippen LogP contribution in [0.25, 0.3) is 10.8 Å². The fourth-order valence-electron chi connectivity index (χ4n) is 1.79. The van der Waals surface area contributed by atoms with Gasteiger partial charge in [-0.2, -0.15) is 0 Å². The van der Waals surface area contributed by atoms with Gasteiger partial charge in [0.2, 0.25) is 0 Å². The fraction of sp³-hybridized carbons (Fsp3) is 0.154. The molecule has 0 fully saturated rings. The third kappa shape index (κ3) is 1.76. The Balaban J connectivity index is 2.66. The Hall–Kier alpha value is -1.90. The van der Waals surface area contributed by atoms with Gasteiger partial charge in [0, 0.05) is 0 Å². The number of benzene rings is 2. The van der Waals surface area contributed by atoms with Crippen LogP contribution in [0.1, 0.15) is 18.4 Å². The van der Waals surface area contributed by atoms with Crippen molar-refractivity contribution < 1.29 is 14.3 Å². The van der Waals surface area contributed by atoms with Gasteiger partial charge in [-0.25, -0.2) is 4.39 Å². The number of hydrogen-bond acceptors (Lipinski definition) is 1. The minimum atomic E-state index is -0.878. The van der Waals surface area contributed by atoms with E-state index in [2.05, 4.69) is 0 Å². The number of carbonyl (C=O) groups is 1. The van der Waals surface area contributed by atoms with Crippen molar-refractivity contribution in [1.82, 2.24) is 0 Å². The molecule has 0 heterocycles. The summed E-state index contributed by atoms with van der Waals surface area (Å²) in [6.07, 6.45) is 0. The molecule has 2 aromatic rings. The smallest absolute Gasteiger partial charge is 0.310 e. The molecule has 0 aromatic heterocycles. The Morgan fingerprint density at radius 1 is 1.31 bits per heavy atom. The van der Waals surface area contributed by atoms with Crippen molar-refractivity contribution in [2.45, 2.75) is 12.8 Å². The topological polar surface area (TPSA) is 37.3 Å². The number of halogens is 1. The number of carboxylic acid groups (broad SMARTS) is 1. The lowest BCUT2D eigenvalue weighted by atomic mass is 9.95. The van der Waals surface area contributed by atoms with E-state index in [4.69, 9.17) is 5.11 Å². The number of aliphatic carboxylic acids is 1. The highest BCUT2D eigenvalue weighted by atomic mass is 19.1. The summed E-state index contributed by atoms with van der Waals surface area (Å²) >= 11 is 0. The lowest BCUT2D eigenvalue weighted by Gasteiger charge is -2.10. The summed E-state index contributed by atoms with van der Waals surface area (Å²) in [7, 11) is 0. The first-order valence-electron chi connectivity index (χ1n) is 5.00. The van der Waals surface area contributed by atoms with Gasteiger partial charge in [-0.15, -0.1) is 0 Å². The molecule has 16 heavy (non-hydrogen) atoms. The molecule has 1 atom stereocenters. The summed E-state index contributed by atoms with van der Waals surface area (Å²) in [5.74, 6) is -1.78. The van der Waals surface area contributed by atoms with Crippen molar-refractivity contribution in [3.63, 3.8) is 0 Å². The van der Waals surface area contributed by atoms with Gasteiger partial charge in [0.25, 0.3) is 0 Å². The third-order valence-corrected chi connectivity index (χ3v) is 2.71. The summed E-state index contributed by atoms with van der Waals surface area (Å²) in [5, 5.41) is 10.5. The standard InChI is InChI=1S/C13H11FO2/c1-8(13(15)16)11-4-2-3-9-7-10(14)5-6-12(9)11/h2-8H,1H3,(H,15,16)/t8-/m1/s1. The minimum Gasteiger partial charge on any atom is -0.481 e. The van der Waals surface area contributed by atoms with Crippen molar-refractivity contribution >= 4 is 16.7 Å². The molecule has 0 spiro atoms. The van der Waals surface area contributed by atoms with E-state index >= 15 is 0 Å². The van der Waals surface area contributed by atoms with Gasteiger partial charge in [-0.1, -0.05) is 24.3 Å². The van der Waals surface area contributed by atoms with E-state index < -0.39 is 11.9 Å². The molecule has 0 aliphatic heterocycles. The molecule has 2 nitrogen and oxygen atoms in total. The van der Waals surface area contributed by atoms with E-state index in [1.807, 2.05) is 0 Å². The van der Waals surface area contributed by atoms with Gasteiger partial charge < -0.3 is 5.11 Å². The van der Waals surface area contributed by atoms with E-state index in [9.17, 15) is 9.18 Å². The normalized spacial score (nSPS) is 12.6. The first-order valence-corrected chi connectivity index (χ1v) is 5.00. The maximum absolute atomic E-state index is 13.0. The highest BCUT2D eigenvalue weighted by molar-refractivity contribution is 5.90. The zero-order valence-corrected chi connectivity index (χ0v) is 8.77. The molecular formula is C13H11FO2. The van der Waals surface area contributed by atoms with E-state index in [1.54, 1.807) is 31.2 Å². The average Bonchev–Trinajstić information content (AvgIpc) is 2.26. The van der Waals surface area contributed by atoms with Crippen molar-refractivity contribution in [2.75, 3.05) is 0 Å². The zero-order chi connectivity index (χ0) is 11.7. The Bertz CT molecular complexity index is 549. The van der Waals surface area contributed by atoms with Crippen molar-refractivity contribution in [2.24, 2.45) is 0 Å². The molecule has 0 bridgehead atoms. The van der Waals surface area contributed by atoms with Crippen LogP contribution in [-0.4, -0.2) is 11.1 Å². The van der Waals surface area contributed by atoms with Crippen LogP contribution in [0.4, 0.5) is 4.39 Å². The highest BCUT2D eigenvalue weighted by Crippen LogP contribution is 2.26. The van der Waals surface area contributed by atoms with E-state index in [1.165, 1.54) is 12.1 Å². The van der Waals surface area contributed by atoms with Gasteiger partial charge >= 0.3 is 5.97 Å². The Labute approximate surface area is 92.3 Å². The lowest BCUT2D eigenvalue weighted by molar-refractivity contribution is -0.138. The molecular weight excluding hydrogens is 207 g/mol. The fourth-order valence-corrected chi connectivity index (χ4v) is 1.79. The Morgan fingerprint density at radius 3 is 2.75 bits per heavy atom. The second-order valence-corrected chi connectivity index (χ2v) is 3.77. The average molecular weight is 218 g/mol. The van der Waals surface area contributed by atoms with Crippen molar-refractivity contribution in [1.29, 1.82) is 0 Å². The summed E-state index contributed by atoms with van der Waals surface area (Å²) < 4.78 is 13.0. The summed E-state index contributed by atoms with van der Waals surface area (Å²) in [5.41, 5.74) is 0.713. The number of rotatable bonds is 2. The number of hydrogen-bond donors (Lipinski definition) is 1. The van der Waals surface area contributed by atoms with Crippen LogP contribution in [0.15, 0.2) is 36.4 Å². The summed E-state index contributed by atoms with van der Waals surface area (Å²) in [6.45, 7) is 1.63. The second-order valence-electron chi connectivity index (χ2n) is 3.77. The molecule has 0 radical (unpaired) electrons. The molecule has 1 N–H and O–H groups in total. The first-order chi connectivity index (χ1) is 7.59. The van der Waals surface area contributed by atoms with Gasteiger partial charge in [-0.3, -0.25) is 4.79 Å². The van der Waals surface area contributed by atoms with Crippen molar-refractivity contribution in [3.8, 4) is 0 Å². The number of fused-ring (bicyclic) bond motifs is 1. The lowest BCUT2D eigenvalue weighted by Crippen LogP contribution is -2.07. The van der Waals surface area contributed by atoms with Crippen LogP contribution in [0, 0.1) is 5.82 Å². The van der Waals surface area contributed by atoms with E-state index in [0.717, 1.165) is 10.8 Å². The van der Waals surface area contributed by atoms with Gasteiger partial charge in [0.05, 0.1) is 5.92 Å². The van der Waals surface area contributed by atoms with Crippen LogP contribution < -0.4 is 0 Å². The molecule has 0 unspecified atom stereocenters. The predicted octanol–water partition coefficient (Wildman–Crippen LogP) is 3.17. The molecule has 3 heteroatoms. The van der Waals surface area contributed by atoms with Crippen LogP contribution in [0.5, 0.6) is 0 Å². The first kappa shape index (κ1) is 10.6. The molecule has 0 aliphatic rings. The predicted molar refractivity (Wildman–Crippen MR) is 60.0 cm³/mol. The largest absolute Gasteiger partial charge is 0.481 e. The van der Waals surface area contributed by atoms with Crippen molar-refractivity contribution in [3.05, 3.63) is 47.8 Å². The van der Waals surface area contributed by atoms with Gasteiger partial charge in [0.1, 0.15) is 5.82 Å². The minimum absolute atomic E-state index is 0.312. The second kappa shape index (κ2) is 3.93.